The lowest BCUT2D eigenvalue weighted by Gasteiger charge is -2.20. The largest absolute Gasteiger partial charge is 0.507 e. The topological polar surface area (TPSA) is 94.9 Å². The quantitative estimate of drug-likeness (QED) is 0.147. The van der Waals surface area contributed by atoms with Gasteiger partial charge < -0.3 is 15.2 Å². The lowest BCUT2D eigenvalue weighted by Crippen LogP contribution is -2.10. The van der Waals surface area contributed by atoms with Gasteiger partial charge >= 0.3 is 0 Å². The molecule has 3 N–H and O–H groups in total. The Labute approximate surface area is 320 Å². The van der Waals surface area contributed by atoms with E-state index in [1.807, 2.05) is 42.5 Å². The average molecular weight is 721 g/mol. The summed E-state index contributed by atoms with van der Waals surface area (Å²) in [5.74, 6) is 0.279. The molecule has 0 spiro atoms. The SMILES string of the molecule is Cc1cccc(C)c1-c1c2nc(c3cc(C(C)(C)C)cc(c3O)c3ccc4ccc5ccc(nc5c4n3)c3cc(C(C)(C)C)cc(c3O)c3ccc1[nH]3)C=C2. The van der Waals surface area contributed by atoms with Crippen LogP contribution in [-0.2, 0) is 10.8 Å². The smallest absolute Gasteiger partial charge is 0.134 e. The van der Waals surface area contributed by atoms with Gasteiger partial charge in [-0.25, -0.2) is 15.0 Å². The maximum absolute atomic E-state index is 12.2. The van der Waals surface area contributed by atoms with Crippen LogP contribution in [-0.4, -0.2) is 30.1 Å². The number of nitrogens with zero attached hydrogens (tertiary/aromatic N) is 3. The van der Waals surface area contributed by atoms with Crippen molar-refractivity contribution in [3.05, 3.63) is 125 Å². The maximum atomic E-state index is 12.2. The van der Waals surface area contributed by atoms with E-state index in [0.29, 0.717) is 38.3 Å². The van der Waals surface area contributed by atoms with Crippen LogP contribution in [0.4, 0.5) is 0 Å². The van der Waals surface area contributed by atoms with Crippen molar-refractivity contribution in [1.29, 1.82) is 0 Å². The maximum Gasteiger partial charge on any atom is 0.134 e. The molecule has 0 aliphatic carbocycles. The second-order valence-electron chi connectivity index (χ2n) is 17.1. The Morgan fingerprint density at radius 1 is 0.491 bits per heavy atom. The zero-order valence-corrected chi connectivity index (χ0v) is 32.6. The van der Waals surface area contributed by atoms with Crippen molar-refractivity contribution >= 4 is 77.6 Å². The van der Waals surface area contributed by atoms with Crippen LogP contribution < -0.4 is 0 Å². The summed E-state index contributed by atoms with van der Waals surface area (Å²) in [5.41, 5.74) is 11.8. The summed E-state index contributed by atoms with van der Waals surface area (Å²) in [6.45, 7) is 17.3. The molecule has 1 aliphatic heterocycles. The van der Waals surface area contributed by atoms with Crippen molar-refractivity contribution in [1.82, 2.24) is 19.9 Å². The molecule has 0 radical (unpaired) electrons. The van der Waals surface area contributed by atoms with Crippen molar-refractivity contribution < 1.29 is 10.2 Å². The monoisotopic (exact) mass is 720 g/mol. The Morgan fingerprint density at radius 2 is 0.964 bits per heavy atom. The highest BCUT2D eigenvalue weighted by Crippen LogP contribution is 2.41. The van der Waals surface area contributed by atoms with Crippen molar-refractivity contribution in [3.8, 4) is 22.6 Å². The van der Waals surface area contributed by atoms with Crippen LogP contribution in [0.5, 0.6) is 11.5 Å². The molecule has 0 unspecified atom stereocenters. The number of aromatic hydroxyl groups is 2. The molecule has 6 heteroatoms. The number of hydrogen-bond acceptors (Lipinski definition) is 5. The predicted octanol–water partition coefficient (Wildman–Crippen LogP) is 12.6. The van der Waals surface area contributed by atoms with Gasteiger partial charge in [-0.3, -0.25) is 0 Å². The van der Waals surface area contributed by atoms with E-state index in [0.717, 1.165) is 71.9 Å². The number of aromatic nitrogens is 4. The Morgan fingerprint density at radius 3 is 1.53 bits per heavy atom. The molecule has 1 aliphatic rings. The number of nitrogens with one attached hydrogen (secondary N) is 1. The van der Waals surface area contributed by atoms with E-state index in [1.165, 1.54) is 0 Å². The zero-order valence-electron chi connectivity index (χ0n) is 32.6. The molecule has 55 heavy (non-hydrogen) atoms. The van der Waals surface area contributed by atoms with Gasteiger partial charge in [0.25, 0.3) is 0 Å². The summed E-state index contributed by atoms with van der Waals surface area (Å²) in [6.07, 6.45) is 4.03. The standard InChI is InChI=1S/C49H44N4O2/c1-26-10-9-11-27(2)42(26)43-40-20-18-36(50-40)32-22-30(48(3,4)5)24-34(46(32)54)38-16-14-28-12-13-29-15-17-39(53-45(29)44(28)52-38)35-25-31(49(6,7)8)23-33(47(35)55)37-19-21-41(43)51-37/h9-25,50,54-55H,1-8H3. The first-order valence-electron chi connectivity index (χ1n) is 18.9. The van der Waals surface area contributed by atoms with Crippen molar-refractivity contribution in [3.63, 3.8) is 0 Å². The Bertz CT molecular complexity index is 3080. The molecule has 0 saturated heterocycles. The number of rotatable bonds is 1. The minimum absolute atomic E-state index is 0.128. The summed E-state index contributed by atoms with van der Waals surface area (Å²) < 4.78 is 0. The third-order valence-corrected chi connectivity index (χ3v) is 11.2. The molecule has 0 amide bonds. The number of phenols is 2. The number of fused-ring (bicyclic) bond motifs is 14. The molecule has 5 heterocycles. The number of H-pyrrole nitrogens is 1. The van der Waals surface area contributed by atoms with Crippen LogP contribution >= 0.6 is 0 Å². The molecule has 0 atom stereocenters. The highest BCUT2D eigenvalue weighted by molar-refractivity contribution is 6.08. The number of aromatic amines is 1. The van der Waals surface area contributed by atoms with E-state index >= 15 is 0 Å². The molecule has 272 valence electrons. The molecule has 4 aromatic heterocycles. The molecule has 0 fully saturated rings. The Kier molecular flexibility index (Phi) is 7.60. The lowest BCUT2D eigenvalue weighted by atomic mass is 9.85. The zero-order chi connectivity index (χ0) is 38.6. The normalized spacial score (nSPS) is 12.8. The minimum atomic E-state index is -0.222. The van der Waals surface area contributed by atoms with E-state index in [2.05, 4.69) is 121 Å². The van der Waals surface area contributed by atoms with Gasteiger partial charge in [0.2, 0.25) is 0 Å². The summed E-state index contributed by atoms with van der Waals surface area (Å²) >= 11 is 0. The van der Waals surface area contributed by atoms with Gasteiger partial charge in [0, 0.05) is 48.9 Å². The second-order valence-corrected chi connectivity index (χ2v) is 17.1. The van der Waals surface area contributed by atoms with Crippen molar-refractivity contribution in [2.24, 2.45) is 0 Å². The number of phenolic OH excluding ortho intramolecular Hbond substituents is 2. The first kappa shape index (κ1) is 34.5. The molecule has 8 aromatic rings. The van der Waals surface area contributed by atoms with Crippen LogP contribution in [0.1, 0.15) is 75.2 Å². The first-order chi connectivity index (χ1) is 26.2. The number of pyridine rings is 2. The second kappa shape index (κ2) is 12.1. The first-order valence-corrected chi connectivity index (χ1v) is 18.9. The fraction of sp³-hybridized carbons (Fsp3) is 0.204. The minimum Gasteiger partial charge on any atom is -0.507 e. The van der Waals surface area contributed by atoms with Crippen LogP contribution in [0.3, 0.4) is 0 Å². The predicted molar refractivity (Wildman–Crippen MR) is 230 cm³/mol. The van der Waals surface area contributed by atoms with Crippen LogP contribution in [0.25, 0.3) is 88.7 Å². The van der Waals surface area contributed by atoms with Crippen molar-refractivity contribution in [2.45, 2.75) is 66.2 Å². The molecule has 9 rings (SSSR count). The fourth-order valence-corrected chi connectivity index (χ4v) is 7.95. The highest BCUT2D eigenvalue weighted by atomic mass is 16.3. The Balaban J connectivity index is 1.57. The van der Waals surface area contributed by atoms with Gasteiger partial charge in [-0.15, -0.1) is 0 Å². The fourth-order valence-electron chi connectivity index (χ4n) is 7.95. The number of aryl methyl sites for hydroxylation is 2. The van der Waals surface area contributed by atoms with E-state index < -0.39 is 0 Å². The van der Waals surface area contributed by atoms with E-state index in [4.69, 9.17) is 15.0 Å². The van der Waals surface area contributed by atoms with Gasteiger partial charge in [0.1, 0.15) is 11.5 Å². The molecule has 4 aromatic carbocycles. The number of benzene rings is 4. The highest BCUT2D eigenvalue weighted by Gasteiger charge is 2.22. The lowest BCUT2D eigenvalue weighted by molar-refractivity contribution is 0.486. The molecular weight excluding hydrogens is 677 g/mol. The van der Waals surface area contributed by atoms with Gasteiger partial charge in [-0.1, -0.05) is 84.0 Å². The summed E-state index contributed by atoms with van der Waals surface area (Å²) in [7, 11) is 0. The van der Waals surface area contributed by atoms with Crippen molar-refractivity contribution in [2.75, 3.05) is 0 Å². The van der Waals surface area contributed by atoms with Gasteiger partial charge in [0.15, 0.2) is 0 Å². The van der Waals surface area contributed by atoms with Gasteiger partial charge in [-0.05, 0) is 113 Å². The van der Waals surface area contributed by atoms with Gasteiger partial charge in [-0.2, -0.15) is 0 Å². The molecule has 6 nitrogen and oxygen atoms in total. The summed E-state index contributed by atoms with van der Waals surface area (Å²) in [4.78, 5) is 19.5. The van der Waals surface area contributed by atoms with Crippen LogP contribution in [0.2, 0.25) is 0 Å². The molecular formula is C49H44N4O2. The third-order valence-electron chi connectivity index (χ3n) is 11.2. The summed E-state index contributed by atoms with van der Waals surface area (Å²) in [6, 6.07) is 30.8. The third kappa shape index (κ3) is 5.67. The van der Waals surface area contributed by atoms with Crippen LogP contribution in [0, 0.1) is 13.8 Å². The molecule has 0 saturated carbocycles. The van der Waals surface area contributed by atoms with Gasteiger partial charge in [0.05, 0.1) is 33.5 Å². The average Bonchev–Trinajstić information content (AvgIpc) is 3.83. The summed E-state index contributed by atoms with van der Waals surface area (Å²) in [5, 5.41) is 28.9. The van der Waals surface area contributed by atoms with Crippen LogP contribution in [0.15, 0.2) is 91.0 Å². The number of hydrogen-bond donors (Lipinski definition) is 3. The van der Waals surface area contributed by atoms with E-state index in [9.17, 15) is 10.2 Å². The molecule has 12 bridgehead atoms. The Hall–Kier alpha value is -6.27. The van der Waals surface area contributed by atoms with E-state index in [-0.39, 0.29) is 22.3 Å². The van der Waals surface area contributed by atoms with E-state index in [1.54, 1.807) is 0 Å².